The van der Waals surface area contributed by atoms with E-state index in [1.807, 2.05) is 32.9 Å². The molecule has 1 saturated heterocycles. The molecule has 1 amide bonds. The smallest absolute Gasteiger partial charge is 0.410 e. The molecule has 2 heterocycles. The number of benzene rings is 1. The number of carbonyl (C=O) groups is 1. The Morgan fingerprint density at radius 3 is 2.50 bits per heavy atom. The van der Waals surface area contributed by atoms with Crippen LogP contribution in [0.5, 0.6) is 11.5 Å². The van der Waals surface area contributed by atoms with Gasteiger partial charge in [-0.1, -0.05) is 6.07 Å². The van der Waals surface area contributed by atoms with E-state index in [0.717, 1.165) is 24.3 Å². The number of hydrogen-bond acceptors (Lipinski definition) is 4. The summed E-state index contributed by atoms with van der Waals surface area (Å²) in [5.41, 5.74) is 0.728. The minimum absolute atomic E-state index is 0.225. The highest BCUT2D eigenvalue weighted by Gasteiger charge is 2.28. The quantitative estimate of drug-likeness (QED) is 0.798. The normalized spacial score (nSPS) is 18.4. The Morgan fingerprint density at radius 1 is 1.14 bits per heavy atom. The first-order valence-electron chi connectivity index (χ1n) is 7.65. The minimum Gasteiger partial charge on any atom is -0.454 e. The summed E-state index contributed by atoms with van der Waals surface area (Å²) in [7, 11) is 0. The molecule has 0 spiro atoms. The zero-order valence-corrected chi connectivity index (χ0v) is 13.3. The SMILES string of the molecule is CC(C)(C)OC(=O)N1CC[C](c2ccc3c(c2)OCO3)CC1. The van der Waals surface area contributed by atoms with Crippen LogP contribution in [-0.2, 0) is 4.74 Å². The first-order chi connectivity index (χ1) is 10.4. The molecule has 119 valence electrons. The number of likely N-dealkylation sites (tertiary alicyclic amines) is 1. The maximum absolute atomic E-state index is 12.1. The Hall–Kier alpha value is -1.91. The molecule has 0 unspecified atom stereocenters. The summed E-state index contributed by atoms with van der Waals surface area (Å²) in [4.78, 5) is 13.8. The van der Waals surface area contributed by atoms with E-state index in [1.165, 1.54) is 11.5 Å². The fourth-order valence-corrected chi connectivity index (χ4v) is 2.69. The monoisotopic (exact) mass is 304 g/mol. The van der Waals surface area contributed by atoms with Crippen LogP contribution in [0.3, 0.4) is 0 Å². The van der Waals surface area contributed by atoms with Crippen LogP contribution in [0.2, 0.25) is 0 Å². The molecule has 0 atom stereocenters. The maximum Gasteiger partial charge on any atom is 0.410 e. The summed E-state index contributed by atoms with van der Waals surface area (Å²) in [6, 6.07) is 6.04. The van der Waals surface area contributed by atoms with E-state index in [2.05, 4.69) is 6.07 Å². The summed E-state index contributed by atoms with van der Waals surface area (Å²) in [5, 5.41) is 0. The number of nitrogens with zero attached hydrogens (tertiary/aromatic N) is 1. The van der Waals surface area contributed by atoms with Crippen molar-refractivity contribution in [1.82, 2.24) is 4.90 Å². The van der Waals surface area contributed by atoms with E-state index >= 15 is 0 Å². The Kier molecular flexibility index (Phi) is 3.89. The largest absolute Gasteiger partial charge is 0.454 e. The van der Waals surface area contributed by atoms with Gasteiger partial charge in [0.2, 0.25) is 6.79 Å². The van der Waals surface area contributed by atoms with Gasteiger partial charge < -0.3 is 19.1 Å². The predicted octanol–water partition coefficient (Wildman–Crippen LogP) is 3.37. The molecule has 2 aliphatic rings. The van der Waals surface area contributed by atoms with Crippen LogP contribution >= 0.6 is 0 Å². The summed E-state index contributed by atoms with van der Waals surface area (Å²) in [6.07, 6.45) is 1.50. The van der Waals surface area contributed by atoms with Crippen molar-refractivity contribution in [1.29, 1.82) is 0 Å². The lowest BCUT2D eigenvalue weighted by Gasteiger charge is -2.33. The average molecular weight is 304 g/mol. The van der Waals surface area contributed by atoms with E-state index in [9.17, 15) is 4.79 Å². The number of hydrogen-bond donors (Lipinski definition) is 0. The number of fused-ring (bicyclic) bond motifs is 1. The lowest BCUT2D eigenvalue weighted by molar-refractivity contribution is 0.0228. The lowest BCUT2D eigenvalue weighted by Crippen LogP contribution is -2.41. The van der Waals surface area contributed by atoms with Gasteiger partial charge in [0.1, 0.15) is 5.60 Å². The molecule has 1 fully saturated rings. The number of rotatable bonds is 1. The Morgan fingerprint density at radius 2 is 1.82 bits per heavy atom. The van der Waals surface area contributed by atoms with Gasteiger partial charge in [-0.25, -0.2) is 4.79 Å². The van der Waals surface area contributed by atoms with Crippen molar-refractivity contribution >= 4 is 6.09 Å². The van der Waals surface area contributed by atoms with Gasteiger partial charge in [0, 0.05) is 19.0 Å². The molecule has 22 heavy (non-hydrogen) atoms. The number of carbonyl (C=O) groups excluding carboxylic acids is 1. The number of piperidine rings is 1. The second-order valence-electron chi connectivity index (χ2n) is 6.64. The molecular formula is C17H22NO4. The van der Waals surface area contributed by atoms with Crippen molar-refractivity contribution in [2.24, 2.45) is 0 Å². The maximum atomic E-state index is 12.1. The van der Waals surface area contributed by atoms with Crippen LogP contribution in [-0.4, -0.2) is 36.5 Å². The van der Waals surface area contributed by atoms with Crippen molar-refractivity contribution in [3.05, 3.63) is 29.7 Å². The summed E-state index contributed by atoms with van der Waals surface area (Å²) in [6.45, 7) is 7.34. The van der Waals surface area contributed by atoms with Gasteiger partial charge in [-0.05, 0) is 51.3 Å². The topological polar surface area (TPSA) is 48.0 Å². The molecular weight excluding hydrogens is 282 g/mol. The Balaban J connectivity index is 1.59. The predicted molar refractivity (Wildman–Crippen MR) is 82.0 cm³/mol. The highest BCUT2D eigenvalue weighted by Crippen LogP contribution is 2.37. The van der Waals surface area contributed by atoms with Gasteiger partial charge in [0.25, 0.3) is 0 Å². The molecule has 0 aliphatic carbocycles. The van der Waals surface area contributed by atoms with E-state index in [0.29, 0.717) is 19.9 Å². The molecule has 1 aromatic rings. The van der Waals surface area contributed by atoms with E-state index in [1.54, 1.807) is 4.90 Å². The first kappa shape index (κ1) is 15.0. The molecule has 0 saturated carbocycles. The van der Waals surface area contributed by atoms with Crippen LogP contribution in [0, 0.1) is 5.92 Å². The standard InChI is InChI=1S/C17H22NO4/c1-17(2,3)22-16(19)18-8-6-12(7-9-18)13-4-5-14-15(10-13)21-11-20-14/h4-5,10H,6-9,11H2,1-3H3. The molecule has 5 nitrogen and oxygen atoms in total. The molecule has 1 radical (unpaired) electrons. The molecule has 0 bridgehead atoms. The van der Waals surface area contributed by atoms with E-state index < -0.39 is 5.60 Å². The van der Waals surface area contributed by atoms with Crippen molar-refractivity contribution in [3.8, 4) is 11.5 Å². The van der Waals surface area contributed by atoms with Gasteiger partial charge in [0.05, 0.1) is 0 Å². The third-order valence-electron chi connectivity index (χ3n) is 3.80. The van der Waals surface area contributed by atoms with Gasteiger partial charge >= 0.3 is 6.09 Å². The summed E-state index contributed by atoms with van der Waals surface area (Å²) >= 11 is 0. The van der Waals surface area contributed by atoms with Gasteiger partial charge in [-0.2, -0.15) is 0 Å². The molecule has 0 N–H and O–H groups in total. The van der Waals surface area contributed by atoms with Gasteiger partial charge in [-0.15, -0.1) is 0 Å². The molecule has 3 rings (SSSR count). The van der Waals surface area contributed by atoms with Crippen molar-refractivity contribution in [3.63, 3.8) is 0 Å². The molecule has 0 aromatic heterocycles. The van der Waals surface area contributed by atoms with Crippen LogP contribution in [0.25, 0.3) is 0 Å². The van der Waals surface area contributed by atoms with Crippen LogP contribution < -0.4 is 9.47 Å². The van der Waals surface area contributed by atoms with Gasteiger partial charge in [0.15, 0.2) is 11.5 Å². The number of amides is 1. The minimum atomic E-state index is -0.446. The fourth-order valence-electron chi connectivity index (χ4n) is 2.69. The highest BCUT2D eigenvalue weighted by molar-refractivity contribution is 5.68. The fraction of sp³-hybridized carbons (Fsp3) is 0.529. The van der Waals surface area contributed by atoms with E-state index in [-0.39, 0.29) is 6.09 Å². The second kappa shape index (κ2) is 5.71. The van der Waals surface area contributed by atoms with Crippen LogP contribution in [0.15, 0.2) is 18.2 Å². The first-order valence-corrected chi connectivity index (χ1v) is 7.65. The third-order valence-corrected chi connectivity index (χ3v) is 3.80. The third kappa shape index (κ3) is 3.29. The van der Waals surface area contributed by atoms with Crippen molar-refractivity contribution < 1.29 is 19.0 Å². The molecule has 2 aliphatic heterocycles. The van der Waals surface area contributed by atoms with Crippen molar-refractivity contribution in [2.75, 3.05) is 19.9 Å². The number of ether oxygens (including phenoxy) is 3. The second-order valence-corrected chi connectivity index (χ2v) is 6.64. The van der Waals surface area contributed by atoms with Crippen LogP contribution in [0.4, 0.5) is 4.79 Å². The lowest BCUT2D eigenvalue weighted by atomic mass is 9.89. The van der Waals surface area contributed by atoms with E-state index in [4.69, 9.17) is 14.2 Å². The average Bonchev–Trinajstić information content (AvgIpc) is 2.93. The Labute approximate surface area is 131 Å². The zero-order valence-electron chi connectivity index (χ0n) is 13.3. The Bertz CT molecular complexity index is 556. The summed E-state index contributed by atoms with van der Waals surface area (Å²) in [5.74, 6) is 2.95. The molecule has 1 aromatic carbocycles. The van der Waals surface area contributed by atoms with Crippen molar-refractivity contribution in [2.45, 2.75) is 39.2 Å². The molecule has 5 heteroatoms. The zero-order chi connectivity index (χ0) is 15.7. The highest BCUT2D eigenvalue weighted by atomic mass is 16.7. The summed E-state index contributed by atoms with van der Waals surface area (Å²) < 4.78 is 16.2. The van der Waals surface area contributed by atoms with Crippen LogP contribution in [0.1, 0.15) is 39.2 Å². The van der Waals surface area contributed by atoms with Gasteiger partial charge in [-0.3, -0.25) is 0 Å².